The zero-order valence-electron chi connectivity index (χ0n) is 6.72. The third kappa shape index (κ3) is 1.45. The van der Waals surface area contributed by atoms with Crippen molar-refractivity contribution in [2.45, 2.75) is 32.7 Å². The summed E-state index contributed by atoms with van der Waals surface area (Å²) in [5.41, 5.74) is 0. The third-order valence-electron chi connectivity index (χ3n) is 2.69. The third-order valence-corrected chi connectivity index (χ3v) is 2.69. The number of hydrogen-bond acceptors (Lipinski definition) is 1. The fourth-order valence-electron chi connectivity index (χ4n) is 1.54. The molecule has 1 saturated heterocycles. The van der Waals surface area contributed by atoms with Gasteiger partial charge in [-0.2, -0.15) is 0 Å². The number of hydrogen-bond donors (Lipinski definition) is 0. The minimum absolute atomic E-state index is 0.804. The summed E-state index contributed by atoms with van der Waals surface area (Å²) in [6.07, 6.45) is 2.81. The van der Waals surface area contributed by atoms with Gasteiger partial charge in [0.1, 0.15) is 0 Å². The quantitative estimate of drug-likeness (QED) is 0.479. The molecule has 0 radical (unpaired) electrons. The summed E-state index contributed by atoms with van der Waals surface area (Å²) >= 11 is 0. The molecule has 1 rings (SSSR count). The highest BCUT2D eigenvalue weighted by Gasteiger charge is 2.20. The molecule has 1 nitrogen and oxygen atoms in total. The van der Waals surface area contributed by atoms with Crippen LogP contribution in [0.5, 0.6) is 0 Å². The van der Waals surface area contributed by atoms with Gasteiger partial charge in [0.05, 0.1) is 0 Å². The molecule has 0 aromatic heterocycles. The van der Waals surface area contributed by atoms with Gasteiger partial charge < -0.3 is 4.90 Å². The molecule has 1 heteroatoms. The van der Waals surface area contributed by atoms with Gasteiger partial charge in [-0.25, -0.2) is 0 Å². The number of rotatable bonds is 0. The highest BCUT2D eigenvalue weighted by Crippen LogP contribution is 2.20. The van der Waals surface area contributed by atoms with Crippen molar-refractivity contribution in [2.24, 2.45) is 5.92 Å². The van der Waals surface area contributed by atoms with Crippen molar-refractivity contribution < 1.29 is 0 Å². The van der Waals surface area contributed by atoms with Gasteiger partial charge in [-0.05, 0) is 39.3 Å². The van der Waals surface area contributed by atoms with E-state index in [0.717, 1.165) is 12.0 Å². The molecule has 0 aromatic carbocycles. The first-order valence-corrected chi connectivity index (χ1v) is 3.92. The van der Waals surface area contributed by atoms with Crippen LogP contribution in [-0.2, 0) is 0 Å². The zero-order chi connectivity index (χ0) is 6.85. The van der Waals surface area contributed by atoms with Crippen LogP contribution in [0.15, 0.2) is 0 Å². The Kier molecular flexibility index (Phi) is 2.12. The first kappa shape index (κ1) is 7.07. The molecule has 1 heterocycles. The number of likely N-dealkylation sites (tertiary alicyclic amines) is 1. The van der Waals surface area contributed by atoms with Crippen molar-refractivity contribution >= 4 is 0 Å². The van der Waals surface area contributed by atoms with Crippen LogP contribution in [0.25, 0.3) is 0 Å². The molecule has 0 amide bonds. The SMILES string of the molecule is C[C@@H]1[C@@H](C)CCCN1C. The van der Waals surface area contributed by atoms with Crippen molar-refractivity contribution in [2.75, 3.05) is 13.6 Å². The lowest BCUT2D eigenvalue weighted by Gasteiger charge is -2.34. The van der Waals surface area contributed by atoms with E-state index < -0.39 is 0 Å². The van der Waals surface area contributed by atoms with Crippen molar-refractivity contribution in [1.82, 2.24) is 4.90 Å². The van der Waals surface area contributed by atoms with Gasteiger partial charge >= 0.3 is 0 Å². The molecule has 0 unspecified atom stereocenters. The van der Waals surface area contributed by atoms with Crippen molar-refractivity contribution in [3.8, 4) is 0 Å². The summed E-state index contributed by atoms with van der Waals surface area (Å²) in [6, 6.07) is 0.804. The molecule has 54 valence electrons. The molecule has 0 N–H and O–H groups in total. The van der Waals surface area contributed by atoms with E-state index in [9.17, 15) is 0 Å². The first-order valence-electron chi connectivity index (χ1n) is 3.92. The van der Waals surface area contributed by atoms with E-state index in [0.29, 0.717) is 0 Å². The van der Waals surface area contributed by atoms with Crippen LogP contribution < -0.4 is 0 Å². The summed E-state index contributed by atoms with van der Waals surface area (Å²) < 4.78 is 0. The second-order valence-electron chi connectivity index (χ2n) is 3.34. The van der Waals surface area contributed by atoms with E-state index in [-0.39, 0.29) is 0 Å². The van der Waals surface area contributed by atoms with Gasteiger partial charge in [-0.1, -0.05) is 6.92 Å². The summed E-state index contributed by atoms with van der Waals surface area (Å²) in [5.74, 6) is 0.906. The lowest BCUT2D eigenvalue weighted by Crippen LogP contribution is -2.39. The minimum atomic E-state index is 0.804. The Morgan fingerprint density at radius 3 is 2.44 bits per heavy atom. The van der Waals surface area contributed by atoms with Crippen LogP contribution in [0, 0.1) is 5.92 Å². The van der Waals surface area contributed by atoms with E-state index in [4.69, 9.17) is 0 Å². The minimum Gasteiger partial charge on any atom is -0.303 e. The maximum atomic E-state index is 2.45. The van der Waals surface area contributed by atoms with E-state index >= 15 is 0 Å². The number of piperidine rings is 1. The molecular weight excluding hydrogens is 110 g/mol. The van der Waals surface area contributed by atoms with Crippen LogP contribution in [0.4, 0.5) is 0 Å². The highest BCUT2D eigenvalue weighted by molar-refractivity contribution is 4.75. The lowest BCUT2D eigenvalue weighted by atomic mass is 9.93. The second-order valence-corrected chi connectivity index (χ2v) is 3.34. The van der Waals surface area contributed by atoms with Crippen molar-refractivity contribution in [3.63, 3.8) is 0 Å². The van der Waals surface area contributed by atoms with Gasteiger partial charge in [-0.3, -0.25) is 0 Å². The van der Waals surface area contributed by atoms with Gasteiger partial charge in [0, 0.05) is 6.04 Å². The summed E-state index contributed by atoms with van der Waals surface area (Å²) in [6.45, 7) is 5.97. The normalized spacial score (nSPS) is 39.0. The molecule has 0 aromatic rings. The highest BCUT2D eigenvalue weighted by atomic mass is 15.1. The van der Waals surface area contributed by atoms with Crippen LogP contribution in [0.2, 0.25) is 0 Å². The molecule has 1 aliphatic rings. The van der Waals surface area contributed by atoms with Gasteiger partial charge in [0.2, 0.25) is 0 Å². The number of nitrogens with zero attached hydrogens (tertiary/aromatic N) is 1. The monoisotopic (exact) mass is 127 g/mol. The maximum absolute atomic E-state index is 2.45. The Morgan fingerprint density at radius 2 is 2.00 bits per heavy atom. The molecule has 0 spiro atoms. The largest absolute Gasteiger partial charge is 0.303 e. The van der Waals surface area contributed by atoms with Crippen LogP contribution in [0.3, 0.4) is 0 Å². The Hall–Kier alpha value is -0.0400. The molecule has 2 atom stereocenters. The lowest BCUT2D eigenvalue weighted by molar-refractivity contribution is 0.145. The summed E-state index contributed by atoms with van der Waals surface area (Å²) in [5, 5.41) is 0. The Morgan fingerprint density at radius 1 is 1.33 bits per heavy atom. The summed E-state index contributed by atoms with van der Waals surface area (Å²) in [7, 11) is 2.22. The fraction of sp³-hybridized carbons (Fsp3) is 1.00. The van der Waals surface area contributed by atoms with Crippen LogP contribution in [0.1, 0.15) is 26.7 Å². The molecule has 0 saturated carbocycles. The smallest absolute Gasteiger partial charge is 0.00895 e. The van der Waals surface area contributed by atoms with Gasteiger partial charge in [0.25, 0.3) is 0 Å². The van der Waals surface area contributed by atoms with Crippen molar-refractivity contribution in [3.05, 3.63) is 0 Å². The van der Waals surface area contributed by atoms with Gasteiger partial charge in [-0.15, -0.1) is 0 Å². The second kappa shape index (κ2) is 2.70. The Labute approximate surface area is 58.0 Å². The predicted octanol–water partition coefficient (Wildman–Crippen LogP) is 1.74. The van der Waals surface area contributed by atoms with Crippen molar-refractivity contribution in [1.29, 1.82) is 0 Å². The van der Waals surface area contributed by atoms with E-state index in [1.807, 2.05) is 0 Å². The predicted molar refractivity (Wildman–Crippen MR) is 40.5 cm³/mol. The standard InChI is InChI=1S/C8H17N/c1-7-5-4-6-9(3)8(7)2/h7-8H,4-6H2,1-3H3/t7-,8+/m0/s1. The van der Waals surface area contributed by atoms with Crippen LogP contribution >= 0.6 is 0 Å². The Bertz CT molecular complexity index is 80.6. The molecular formula is C8H17N. The van der Waals surface area contributed by atoms with Gasteiger partial charge in [0.15, 0.2) is 0 Å². The molecule has 1 aliphatic heterocycles. The molecule has 1 fully saturated rings. The molecule has 9 heavy (non-hydrogen) atoms. The van der Waals surface area contributed by atoms with E-state index in [1.165, 1.54) is 19.4 Å². The van der Waals surface area contributed by atoms with E-state index in [2.05, 4.69) is 25.8 Å². The fourth-order valence-corrected chi connectivity index (χ4v) is 1.54. The summed E-state index contributed by atoms with van der Waals surface area (Å²) in [4.78, 5) is 2.45. The topological polar surface area (TPSA) is 3.24 Å². The average Bonchev–Trinajstić information content (AvgIpc) is 1.83. The Balaban J connectivity index is 2.41. The zero-order valence-corrected chi connectivity index (χ0v) is 6.72. The van der Waals surface area contributed by atoms with E-state index in [1.54, 1.807) is 0 Å². The average molecular weight is 127 g/mol. The first-order chi connectivity index (χ1) is 4.22. The van der Waals surface area contributed by atoms with Crippen LogP contribution in [-0.4, -0.2) is 24.5 Å². The molecule has 0 bridgehead atoms. The maximum Gasteiger partial charge on any atom is 0.00895 e. The molecule has 0 aliphatic carbocycles.